The quantitative estimate of drug-likeness (QED) is 0.857. The van der Waals surface area contributed by atoms with E-state index in [1.165, 1.54) is 11.3 Å². The van der Waals surface area contributed by atoms with Crippen molar-refractivity contribution in [3.63, 3.8) is 0 Å². The number of thiophene rings is 1. The van der Waals surface area contributed by atoms with Gasteiger partial charge in [-0.1, -0.05) is 0 Å². The molecule has 18 heavy (non-hydrogen) atoms. The predicted molar refractivity (Wildman–Crippen MR) is 69.8 cm³/mol. The van der Waals surface area contributed by atoms with Crippen molar-refractivity contribution in [3.05, 3.63) is 16.6 Å². The molecule has 1 fully saturated rings. The first-order valence-corrected chi connectivity index (χ1v) is 6.78. The molecule has 1 aliphatic carbocycles. The molecule has 1 amide bonds. The molecule has 0 bridgehead atoms. The summed E-state index contributed by atoms with van der Waals surface area (Å²) < 4.78 is 1.80. The zero-order chi connectivity index (χ0) is 12.9. The Morgan fingerprint density at radius 3 is 2.94 bits per heavy atom. The molecule has 0 atom stereocenters. The zero-order valence-electron chi connectivity index (χ0n) is 10.3. The molecule has 0 radical (unpaired) electrons. The van der Waals surface area contributed by atoms with Crippen LogP contribution >= 0.6 is 11.3 Å². The van der Waals surface area contributed by atoms with Crippen LogP contribution in [0.1, 0.15) is 28.2 Å². The number of aliphatic hydroxyl groups is 1. The van der Waals surface area contributed by atoms with Crippen molar-refractivity contribution in [2.24, 2.45) is 7.05 Å². The number of amides is 1. The number of nitrogens with one attached hydrogen (secondary N) is 1. The Hall–Kier alpha value is -1.40. The van der Waals surface area contributed by atoms with Crippen LogP contribution < -0.4 is 5.32 Å². The maximum atomic E-state index is 12.0. The fourth-order valence-electron chi connectivity index (χ4n) is 2.28. The van der Waals surface area contributed by atoms with Gasteiger partial charge < -0.3 is 10.4 Å². The molecule has 2 N–H and O–H groups in total. The van der Waals surface area contributed by atoms with Crippen LogP contribution in [0.3, 0.4) is 0 Å². The summed E-state index contributed by atoms with van der Waals surface area (Å²) in [6.07, 6.45) is 1.08. The van der Waals surface area contributed by atoms with Gasteiger partial charge in [-0.25, -0.2) is 0 Å². The number of aromatic nitrogens is 2. The third kappa shape index (κ3) is 1.81. The number of hydrogen-bond acceptors (Lipinski definition) is 4. The van der Waals surface area contributed by atoms with Gasteiger partial charge in [0.05, 0.1) is 16.7 Å². The van der Waals surface area contributed by atoms with E-state index in [4.69, 9.17) is 0 Å². The molecule has 6 heteroatoms. The first kappa shape index (κ1) is 11.7. The summed E-state index contributed by atoms with van der Waals surface area (Å²) in [5.74, 6) is -0.0486. The fourth-order valence-corrected chi connectivity index (χ4v) is 3.31. The van der Waals surface area contributed by atoms with Crippen molar-refractivity contribution in [2.75, 3.05) is 0 Å². The second-order valence-corrected chi connectivity index (χ2v) is 5.86. The highest BCUT2D eigenvalue weighted by Gasteiger charge is 2.29. The Kier molecular flexibility index (Phi) is 2.64. The van der Waals surface area contributed by atoms with Gasteiger partial charge >= 0.3 is 0 Å². The molecule has 0 aromatic carbocycles. The lowest BCUT2D eigenvalue weighted by molar-refractivity contribution is 0.0564. The lowest BCUT2D eigenvalue weighted by Crippen LogP contribution is -2.46. The number of aliphatic hydroxyl groups excluding tert-OH is 1. The van der Waals surface area contributed by atoms with Crippen LogP contribution in [0.4, 0.5) is 0 Å². The molecule has 96 valence electrons. The molecule has 2 heterocycles. The van der Waals surface area contributed by atoms with E-state index in [0.29, 0.717) is 17.7 Å². The maximum Gasteiger partial charge on any atom is 0.261 e. The number of aryl methyl sites for hydroxylation is 2. The molecular weight excluding hydrogens is 250 g/mol. The summed E-state index contributed by atoms with van der Waals surface area (Å²) in [5, 5.41) is 17.5. The predicted octanol–water partition coefficient (Wildman–Crippen LogP) is 1.20. The largest absolute Gasteiger partial charge is 0.393 e. The normalized spacial score (nSPS) is 23.1. The van der Waals surface area contributed by atoms with E-state index in [0.717, 1.165) is 15.9 Å². The van der Waals surface area contributed by atoms with Gasteiger partial charge in [-0.2, -0.15) is 5.10 Å². The number of nitrogens with zero attached hydrogens (tertiary/aromatic N) is 2. The standard InChI is InChI=1S/C12H15N3O2S/c1-6-9-5-10(18-12(9)15(2)14-6)11(17)13-7-3-8(16)4-7/h5,7-8,16H,3-4H2,1-2H3,(H,13,17). The zero-order valence-corrected chi connectivity index (χ0v) is 11.1. The smallest absolute Gasteiger partial charge is 0.261 e. The third-order valence-corrected chi connectivity index (χ3v) is 4.57. The molecule has 1 aliphatic rings. The Balaban J connectivity index is 1.81. The van der Waals surface area contributed by atoms with E-state index >= 15 is 0 Å². The summed E-state index contributed by atoms with van der Waals surface area (Å²) in [4.78, 5) is 13.8. The van der Waals surface area contributed by atoms with E-state index in [1.54, 1.807) is 4.68 Å². The second-order valence-electron chi connectivity index (χ2n) is 4.83. The summed E-state index contributed by atoms with van der Waals surface area (Å²) in [7, 11) is 1.88. The van der Waals surface area contributed by atoms with Crippen molar-refractivity contribution in [1.82, 2.24) is 15.1 Å². The average molecular weight is 265 g/mol. The number of rotatable bonds is 2. The highest BCUT2D eigenvalue weighted by molar-refractivity contribution is 7.20. The minimum atomic E-state index is -0.246. The minimum Gasteiger partial charge on any atom is -0.393 e. The summed E-state index contributed by atoms with van der Waals surface area (Å²) in [6.45, 7) is 1.94. The van der Waals surface area contributed by atoms with E-state index in [9.17, 15) is 9.90 Å². The molecular formula is C12H15N3O2S. The van der Waals surface area contributed by atoms with Crippen LogP contribution in [0, 0.1) is 6.92 Å². The molecule has 1 saturated carbocycles. The molecule has 0 saturated heterocycles. The van der Waals surface area contributed by atoms with E-state index < -0.39 is 0 Å². The lowest BCUT2D eigenvalue weighted by Gasteiger charge is -2.31. The average Bonchev–Trinajstić information content (AvgIpc) is 2.80. The maximum absolute atomic E-state index is 12.0. The van der Waals surface area contributed by atoms with Gasteiger partial charge in [0.1, 0.15) is 4.83 Å². The second kappa shape index (κ2) is 4.07. The van der Waals surface area contributed by atoms with Crippen LogP contribution in [0.15, 0.2) is 6.07 Å². The van der Waals surface area contributed by atoms with Gasteiger partial charge in [-0.05, 0) is 25.8 Å². The van der Waals surface area contributed by atoms with Crippen molar-refractivity contribution in [3.8, 4) is 0 Å². The minimum absolute atomic E-state index is 0.0486. The van der Waals surface area contributed by atoms with Crippen molar-refractivity contribution in [2.45, 2.75) is 31.9 Å². The molecule has 3 rings (SSSR count). The fraction of sp³-hybridized carbons (Fsp3) is 0.500. The molecule has 0 unspecified atom stereocenters. The van der Waals surface area contributed by atoms with Crippen LogP contribution in [-0.4, -0.2) is 32.9 Å². The summed E-state index contributed by atoms with van der Waals surface area (Å²) in [5.41, 5.74) is 0.946. The Morgan fingerprint density at radius 1 is 1.61 bits per heavy atom. The Bertz CT molecular complexity index is 576. The number of fused-ring (bicyclic) bond motifs is 1. The first-order chi connectivity index (χ1) is 8.54. The Labute approximate surface area is 108 Å². The van der Waals surface area contributed by atoms with Crippen LogP contribution in [-0.2, 0) is 7.05 Å². The molecule has 0 aliphatic heterocycles. The van der Waals surface area contributed by atoms with Gasteiger partial charge in [0, 0.05) is 18.5 Å². The van der Waals surface area contributed by atoms with Gasteiger partial charge in [0.15, 0.2) is 0 Å². The highest BCUT2D eigenvalue weighted by atomic mass is 32.1. The van der Waals surface area contributed by atoms with Crippen LogP contribution in [0.25, 0.3) is 10.2 Å². The van der Waals surface area contributed by atoms with Crippen molar-refractivity contribution in [1.29, 1.82) is 0 Å². The highest BCUT2D eigenvalue weighted by Crippen LogP contribution is 2.28. The molecule has 2 aromatic heterocycles. The van der Waals surface area contributed by atoms with Gasteiger partial charge in [0.25, 0.3) is 5.91 Å². The topological polar surface area (TPSA) is 67.2 Å². The van der Waals surface area contributed by atoms with E-state index in [-0.39, 0.29) is 18.1 Å². The first-order valence-electron chi connectivity index (χ1n) is 5.96. The number of hydrogen-bond donors (Lipinski definition) is 2. The molecule has 2 aromatic rings. The third-order valence-electron chi connectivity index (χ3n) is 3.37. The SMILES string of the molecule is Cc1nn(C)c2sc(C(=O)NC3CC(O)C3)cc12. The van der Waals surface area contributed by atoms with Crippen LogP contribution in [0.5, 0.6) is 0 Å². The van der Waals surface area contributed by atoms with Gasteiger partial charge in [-0.3, -0.25) is 9.48 Å². The van der Waals surface area contributed by atoms with Gasteiger partial charge in [-0.15, -0.1) is 11.3 Å². The molecule has 5 nitrogen and oxygen atoms in total. The summed E-state index contributed by atoms with van der Waals surface area (Å²) in [6, 6.07) is 2.02. The van der Waals surface area contributed by atoms with Crippen molar-refractivity contribution < 1.29 is 9.90 Å². The Morgan fingerprint density at radius 2 is 2.33 bits per heavy atom. The van der Waals surface area contributed by atoms with Crippen LogP contribution in [0.2, 0.25) is 0 Å². The monoisotopic (exact) mass is 265 g/mol. The summed E-state index contributed by atoms with van der Waals surface area (Å²) >= 11 is 1.46. The number of carbonyl (C=O) groups is 1. The van der Waals surface area contributed by atoms with Gasteiger partial charge in [0.2, 0.25) is 0 Å². The van der Waals surface area contributed by atoms with E-state index in [2.05, 4.69) is 10.4 Å². The molecule has 0 spiro atoms. The van der Waals surface area contributed by atoms with Crippen molar-refractivity contribution >= 4 is 27.5 Å². The van der Waals surface area contributed by atoms with E-state index in [1.807, 2.05) is 20.0 Å². The number of carbonyl (C=O) groups excluding carboxylic acids is 1. The lowest BCUT2D eigenvalue weighted by atomic mass is 9.89.